The third kappa shape index (κ3) is 8.53. The molecule has 0 aliphatic rings. The van der Waals surface area contributed by atoms with Crippen molar-refractivity contribution in [2.24, 2.45) is 0 Å². The smallest absolute Gasteiger partial charge is 0.264 e. The lowest BCUT2D eigenvalue weighted by Crippen LogP contribution is -2.53. The molecule has 1 atom stereocenters. The first kappa shape index (κ1) is 33.7. The average Bonchev–Trinajstić information content (AvgIpc) is 3.03. The minimum absolute atomic E-state index is 0.0459. The summed E-state index contributed by atoms with van der Waals surface area (Å²) >= 11 is 6.46. The van der Waals surface area contributed by atoms with Crippen LogP contribution in [0, 0.1) is 20.8 Å². The Labute approximate surface area is 271 Å². The monoisotopic (exact) mass is 645 g/mol. The molecule has 4 rings (SSSR count). The summed E-state index contributed by atoms with van der Waals surface area (Å²) < 4.78 is 29.4. The first-order valence-electron chi connectivity index (χ1n) is 15.0. The normalized spacial score (nSPS) is 11.9. The summed E-state index contributed by atoms with van der Waals surface area (Å²) in [5.41, 5.74) is 4.63. The number of hydrogen-bond acceptors (Lipinski definition) is 4. The largest absolute Gasteiger partial charge is 0.354 e. The molecule has 45 heavy (non-hydrogen) atoms. The second kappa shape index (κ2) is 15.2. The quantitative estimate of drug-likeness (QED) is 0.177. The van der Waals surface area contributed by atoms with Crippen molar-refractivity contribution in [3.05, 3.63) is 130 Å². The van der Waals surface area contributed by atoms with Crippen molar-refractivity contribution in [2.45, 2.75) is 58.0 Å². The summed E-state index contributed by atoms with van der Waals surface area (Å²) in [6, 6.07) is 27.7. The molecule has 0 saturated carbocycles. The molecule has 0 heterocycles. The number of aryl methyl sites for hydroxylation is 3. The standard InChI is InChI=1S/C36H40ClN3O4S/c1-5-21-38-36(42)34(22-29-12-7-6-8-13-29)39(24-30-14-10-9-11-27(30)3)35(41)25-40(31-18-17-28(4)33(37)23-31)45(43,44)32-19-15-26(2)16-20-32/h6-20,23,34H,5,21-22,24-25H2,1-4H3,(H,38,42)/t34-/m1/s1. The number of nitrogens with zero attached hydrogens (tertiary/aromatic N) is 2. The number of nitrogens with one attached hydrogen (secondary N) is 1. The Kier molecular flexibility index (Phi) is 11.4. The Morgan fingerprint density at radius 1 is 0.844 bits per heavy atom. The predicted octanol–water partition coefficient (Wildman–Crippen LogP) is 6.63. The Balaban J connectivity index is 1.82. The summed E-state index contributed by atoms with van der Waals surface area (Å²) in [6.07, 6.45) is 0.987. The van der Waals surface area contributed by atoms with E-state index >= 15 is 0 Å². The number of hydrogen-bond donors (Lipinski definition) is 1. The zero-order valence-electron chi connectivity index (χ0n) is 26.2. The van der Waals surface area contributed by atoms with E-state index in [1.54, 1.807) is 30.3 Å². The van der Waals surface area contributed by atoms with Crippen molar-refractivity contribution < 1.29 is 18.0 Å². The van der Waals surface area contributed by atoms with Gasteiger partial charge in [0, 0.05) is 24.5 Å². The van der Waals surface area contributed by atoms with Crippen LogP contribution in [0.2, 0.25) is 5.02 Å². The zero-order chi connectivity index (χ0) is 32.6. The van der Waals surface area contributed by atoms with Crippen LogP contribution in [0.1, 0.15) is 41.2 Å². The third-order valence-corrected chi connectivity index (χ3v) is 9.95. The van der Waals surface area contributed by atoms with Gasteiger partial charge in [0.05, 0.1) is 10.6 Å². The van der Waals surface area contributed by atoms with Crippen molar-refractivity contribution in [3.63, 3.8) is 0 Å². The Morgan fingerprint density at radius 2 is 1.51 bits per heavy atom. The van der Waals surface area contributed by atoms with E-state index in [1.807, 2.05) is 82.3 Å². The van der Waals surface area contributed by atoms with Gasteiger partial charge in [-0.1, -0.05) is 96.9 Å². The average molecular weight is 646 g/mol. The molecular weight excluding hydrogens is 606 g/mol. The number of sulfonamides is 1. The number of benzene rings is 4. The maximum atomic E-state index is 14.5. The third-order valence-electron chi connectivity index (χ3n) is 7.75. The lowest BCUT2D eigenvalue weighted by molar-refractivity contribution is -0.140. The van der Waals surface area contributed by atoms with E-state index in [9.17, 15) is 18.0 Å². The van der Waals surface area contributed by atoms with Crippen molar-refractivity contribution in [3.8, 4) is 0 Å². The van der Waals surface area contributed by atoms with Crippen molar-refractivity contribution in [2.75, 3.05) is 17.4 Å². The Bertz CT molecular complexity index is 1730. The zero-order valence-corrected chi connectivity index (χ0v) is 27.7. The molecule has 2 amide bonds. The molecular formula is C36H40ClN3O4S. The number of halogens is 1. The molecule has 9 heteroatoms. The van der Waals surface area contributed by atoms with E-state index in [4.69, 9.17) is 11.6 Å². The number of carbonyl (C=O) groups is 2. The van der Waals surface area contributed by atoms with Gasteiger partial charge in [0.2, 0.25) is 11.8 Å². The minimum atomic E-state index is -4.20. The van der Waals surface area contributed by atoms with Crippen LogP contribution in [-0.2, 0) is 32.6 Å². The first-order valence-corrected chi connectivity index (χ1v) is 16.8. The van der Waals surface area contributed by atoms with Crippen LogP contribution >= 0.6 is 11.6 Å². The highest BCUT2D eigenvalue weighted by Crippen LogP contribution is 2.29. The van der Waals surface area contributed by atoms with E-state index in [2.05, 4.69) is 5.32 Å². The van der Waals surface area contributed by atoms with Crippen LogP contribution < -0.4 is 9.62 Å². The Morgan fingerprint density at radius 3 is 2.16 bits per heavy atom. The van der Waals surface area contributed by atoms with Crippen LogP contribution in [0.25, 0.3) is 0 Å². The van der Waals surface area contributed by atoms with Gasteiger partial charge in [0.15, 0.2) is 0 Å². The SMILES string of the molecule is CCCNC(=O)[C@@H](Cc1ccccc1)N(Cc1ccccc1C)C(=O)CN(c1ccc(C)c(Cl)c1)S(=O)(=O)c1ccc(C)cc1. The van der Waals surface area contributed by atoms with Crippen molar-refractivity contribution >= 4 is 39.1 Å². The van der Waals surface area contributed by atoms with Gasteiger partial charge in [-0.3, -0.25) is 13.9 Å². The second-order valence-electron chi connectivity index (χ2n) is 11.2. The second-order valence-corrected chi connectivity index (χ2v) is 13.5. The van der Waals surface area contributed by atoms with Gasteiger partial charge in [-0.15, -0.1) is 0 Å². The molecule has 0 unspecified atom stereocenters. The lowest BCUT2D eigenvalue weighted by Gasteiger charge is -2.34. The summed E-state index contributed by atoms with van der Waals surface area (Å²) in [7, 11) is -4.20. The van der Waals surface area contributed by atoms with Gasteiger partial charge in [0.25, 0.3) is 10.0 Å². The molecule has 0 radical (unpaired) electrons. The van der Waals surface area contributed by atoms with E-state index < -0.39 is 28.5 Å². The molecule has 0 bridgehead atoms. The highest BCUT2D eigenvalue weighted by atomic mass is 35.5. The van der Waals surface area contributed by atoms with E-state index in [-0.39, 0.29) is 29.5 Å². The fourth-order valence-electron chi connectivity index (χ4n) is 4.99. The van der Waals surface area contributed by atoms with Crippen molar-refractivity contribution in [1.29, 1.82) is 0 Å². The fraction of sp³-hybridized carbons (Fsp3) is 0.278. The molecule has 4 aromatic carbocycles. The van der Waals surface area contributed by atoms with Gasteiger partial charge in [-0.2, -0.15) is 0 Å². The maximum absolute atomic E-state index is 14.5. The first-order chi connectivity index (χ1) is 21.5. The number of amides is 2. The highest BCUT2D eigenvalue weighted by Gasteiger charge is 2.35. The molecule has 4 aromatic rings. The Hall–Kier alpha value is -4.14. The molecule has 0 aliphatic carbocycles. The van der Waals surface area contributed by atoms with Gasteiger partial charge in [0.1, 0.15) is 12.6 Å². The molecule has 1 N–H and O–H groups in total. The predicted molar refractivity (Wildman–Crippen MR) is 181 cm³/mol. The molecule has 0 aliphatic heterocycles. The maximum Gasteiger partial charge on any atom is 0.264 e. The van der Waals surface area contributed by atoms with Gasteiger partial charge in [-0.25, -0.2) is 8.42 Å². The van der Waals surface area contributed by atoms with Gasteiger partial charge < -0.3 is 10.2 Å². The summed E-state index contributed by atoms with van der Waals surface area (Å²) in [5, 5.41) is 3.34. The molecule has 0 aromatic heterocycles. The van der Waals surface area contributed by atoms with Gasteiger partial charge in [-0.05, 0) is 73.7 Å². The number of rotatable bonds is 13. The van der Waals surface area contributed by atoms with Crippen LogP contribution in [0.15, 0.2) is 102 Å². The highest BCUT2D eigenvalue weighted by molar-refractivity contribution is 7.92. The van der Waals surface area contributed by atoms with Gasteiger partial charge >= 0.3 is 0 Å². The summed E-state index contributed by atoms with van der Waals surface area (Å²) in [6.45, 7) is 7.64. The number of carbonyl (C=O) groups excluding carboxylic acids is 2. The fourth-order valence-corrected chi connectivity index (χ4v) is 6.57. The van der Waals surface area contributed by atoms with Crippen LogP contribution in [0.4, 0.5) is 5.69 Å². The molecule has 0 fully saturated rings. The van der Waals surface area contributed by atoms with E-state index in [0.717, 1.165) is 38.5 Å². The lowest BCUT2D eigenvalue weighted by atomic mass is 10.0. The molecule has 7 nitrogen and oxygen atoms in total. The number of anilines is 1. The topological polar surface area (TPSA) is 86.8 Å². The van der Waals surface area contributed by atoms with Crippen LogP contribution in [0.3, 0.4) is 0 Å². The van der Waals surface area contributed by atoms with E-state index in [0.29, 0.717) is 11.6 Å². The summed E-state index contributed by atoms with van der Waals surface area (Å²) in [4.78, 5) is 29.9. The molecule has 0 saturated heterocycles. The molecule has 0 spiro atoms. The van der Waals surface area contributed by atoms with Crippen molar-refractivity contribution in [1.82, 2.24) is 10.2 Å². The van der Waals surface area contributed by atoms with Crippen LogP contribution in [0.5, 0.6) is 0 Å². The van der Waals surface area contributed by atoms with E-state index in [1.165, 1.54) is 17.0 Å². The van der Waals surface area contributed by atoms with Crippen LogP contribution in [-0.4, -0.2) is 44.3 Å². The minimum Gasteiger partial charge on any atom is -0.354 e. The summed E-state index contributed by atoms with van der Waals surface area (Å²) in [5.74, 6) is -0.813. The molecule has 236 valence electrons.